The van der Waals surface area contributed by atoms with Gasteiger partial charge >= 0.3 is 0 Å². The van der Waals surface area contributed by atoms with Crippen molar-refractivity contribution in [3.8, 4) is 0 Å². The molecule has 1 aliphatic rings. The summed E-state index contributed by atoms with van der Waals surface area (Å²) in [4.78, 5) is 8.73. The fourth-order valence-corrected chi connectivity index (χ4v) is 3.09. The number of aromatic nitrogens is 2. The molecule has 17 heavy (non-hydrogen) atoms. The van der Waals surface area contributed by atoms with Crippen molar-refractivity contribution in [2.24, 2.45) is 23.5 Å². The van der Waals surface area contributed by atoms with Gasteiger partial charge in [-0.05, 0) is 49.5 Å². The maximum absolute atomic E-state index is 6.32. The van der Waals surface area contributed by atoms with Crippen LogP contribution in [0, 0.1) is 24.7 Å². The van der Waals surface area contributed by atoms with Gasteiger partial charge in [-0.1, -0.05) is 13.8 Å². The minimum Gasteiger partial charge on any atom is -0.321 e. The van der Waals surface area contributed by atoms with Crippen molar-refractivity contribution in [3.63, 3.8) is 0 Å². The molecular weight excluding hydrogens is 210 g/mol. The highest BCUT2D eigenvalue weighted by Gasteiger charge is 2.30. The molecule has 0 saturated heterocycles. The summed E-state index contributed by atoms with van der Waals surface area (Å²) in [6.07, 6.45) is 7.47. The van der Waals surface area contributed by atoms with E-state index in [1.807, 2.05) is 19.3 Å². The number of nitrogens with two attached hydrogens (primary N) is 1. The van der Waals surface area contributed by atoms with E-state index in [4.69, 9.17) is 5.73 Å². The first-order valence-electron chi connectivity index (χ1n) is 6.60. The van der Waals surface area contributed by atoms with Gasteiger partial charge < -0.3 is 5.73 Å². The van der Waals surface area contributed by atoms with Crippen LogP contribution in [0.1, 0.15) is 50.5 Å². The van der Waals surface area contributed by atoms with Crippen LogP contribution in [0.15, 0.2) is 12.4 Å². The highest BCUT2D eigenvalue weighted by atomic mass is 14.9. The summed E-state index contributed by atoms with van der Waals surface area (Å²) in [5, 5.41) is 0. The summed E-state index contributed by atoms with van der Waals surface area (Å²) in [5.41, 5.74) is 7.41. The monoisotopic (exact) mass is 233 g/mol. The summed E-state index contributed by atoms with van der Waals surface area (Å²) in [6, 6.07) is 0.000741. The lowest BCUT2D eigenvalue weighted by molar-refractivity contribution is 0.190. The second-order valence-electron chi connectivity index (χ2n) is 5.82. The van der Waals surface area contributed by atoms with Crippen molar-refractivity contribution in [1.82, 2.24) is 9.97 Å². The Morgan fingerprint density at radius 1 is 1.12 bits per heavy atom. The van der Waals surface area contributed by atoms with Gasteiger partial charge in [0.1, 0.15) is 5.82 Å². The second kappa shape index (κ2) is 5.13. The Labute approximate surface area is 104 Å². The molecule has 3 unspecified atom stereocenters. The average molecular weight is 233 g/mol. The van der Waals surface area contributed by atoms with E-state index in [0.717, 1.165) is 23.2 Å². The van der Waals surface area contributed by atoms with E-state index in [9.17, 15) is 0 Å². The molecule has 0 bridgehead atoms. The van der Waals surface area contributed by atoms with Gasteiger partial charge in [0.05, 0.1) is 6.04 Å². The van der Waals surface area contributed by atoms with Crippen LogP contribution in [0.3, 0.4) is 0 Å². The largest absolute Gasteiger partial charge is 0.321 e. The quantitative estimate of drug-likeness (QED) is 0.854. The Balaban J connectivity index is 2.08. The zero-order valence-electron chi connectivity index (χ0n) is 11.1. The van der Waals surface area contributed by atoms with Gasteiger partial charge in [0.2, 0.25) is 0 Å². The van der Waals surface area contributed by atoms with Gasteiger partial charge in [0.15, 0.2) is 0 Å². The summed E-state index contributed by atoms with van der Waals surface area (Å²) in [5.74, 6) is 2.90. The molecule has 0 spiro atoms. The van der Waals surface area contributed by atoms with Crippen LogP contribution < -0.4 is 5.73 Å². The van der Waals surface area contributed by atoms with E-state index in [1.165, 1.54) is 19.3 Å². The average Bonchev–Trinajstić information content (AvgIpc) is 2.28. The number of nitrogens with zero attached hydrogens (tertiary/aromatic N) is 2. The minimum atomic E-state index is 0.000741. The highest BCUT2D eigenvalue weighted by Crippen LogP contribution is 2.37. The van der Waals surface area contributed by atoms with Gasteiger partial charge in [-0.15, -0.1) is 0 Å². The van der Waals surface area contributed by atoms with E-state index >= 15 is 0 Å². The van der Waals surface area contributed by atoms with Crippen molar-refractivity contribution >= 4 is 0 Å². The predicted octanol–water partition coefficient (Wildman–Crippen LogP) is 2.86. The summed E-state index contributed by atoms with van der Waals surface area (Å²) in [6.45, 7) is 6.65. The Bertz CT molecular complexity index is 350. The highest BCUT2D eigenvalue weighted by molar-refractivity contribution is 5.05. The molecule has 1 aromatic heterocycles. The SMILES string of the molecule is Cc1cnc(C(N)C2CC(C)CC(C)C2)nc1. The molecule has 0 aliphatic heterocycles. The first kappa shape index (κ1) is 12.5. The van der Waals surface area contributed by atoms with Crippen LogP contribution >= 0.6 is 0 Å². The molecule has 1 aromatic rings. The lowest BCUT2D eigenvalue weighted by Gasteiger charge is -2.34. The van der Waals surface area contributed by atoms with Gasteiger partial charge in [0.25, 0.3) is 0 Å². The van der Waals surface area contributed by atoms with E-state index < -0.39 is 0 Å². The Morgan fingerprint density at radius 3 is 2.18 bits per heavy atom. The zero-order valence-corrected chi connectivity index (χ0v) is 11.1. The topological polar surface area (TPSA) is 51.8 Å². The van der Waals surface area contributed by atoms with Crippen LogP contribution in [0.2, 0.25) is 0 Å². The normalized spacial score (nSPS) is 31.2. The van der Waals surface area contributed by atoms with E-state index in [1.54, 1.807) is 0 Å². The third-order valence-corrected chi connectivity index (χ3v) is 3.82. The summed E-state index contributed by atoms with van der Waals surface area (Å²) in [7, 11) is 0. The molecule has 3 heteroatoms. The standard InChI is InChI=1S/C14H23N3/c1-9-4-10(2)6-12(5-9)13(15)14-16-7-11(3)8-17-14/h7-10,12-13H,4-6,15H2,1-3H3. The van der Waals surface area contributed by atoms with Crippen molar-refractivity contribution in [1.29, 1.82) is 0 Å². The molecule has 1 fully saturated rings. The number of hydrogen-bond acceptors (Lipinski definition) is 3. The lowest BCUT2D eigenvalue weighted by atomic mass is 9.74. The molecular formula is C14H23N3. The Hall–Kier alpha value is -0.960. The molecule has 0 aromatic carbocycles. The van der Waals surface area contributed by atoms with Crippen molar-refractivity contribution in [2.45, 2.75) is 46.1 Å². The van der Waals surface area contributed by atoms with Gasteiger partial charge in [-0.25, -0.2) is 9.97 Å². The number of hydrogen-bond donors (Lipinski definition) is 1. The number of rotatable bonds is 2. The number of aryl methyl sites for hydroxylation is 1. The first-order valence-corrected chi connectivity index (χ1v) is 6.60. The van der Waals surface area contributed by atoms with Gasteiger partial charge in [0, 0.05) is 12.4 Å². The summed E-state index contributed by atoms with van der Waals surface area (Å²) >= 11 is 0. The Morgan fingerprint density at radius 2 is 1.65 bits per heavy atom. The molecule has 2 rings (SSSR count). The molecule has 94 valence electrons. The predicted molar refractivity (Wildman–Crippen MR) is 69.4 cm³/mol. The minimum absolute atomic E-state index is 0.000741. The smallest absolute Gasteiger partial charge is 0.145 e. The first-order chi connectivity index (χ1) is 8.06. The molecule has 1 heterocycles. The van der Waals surface area contributed by atoms with Crippen LogP contribution in [-0.4, -0.2) is 9.97 Å². The fourth-order valence-electron chi connectivity index (χ4n) is 3.09. The van der Waals surface area contributed by atoms with E-state index in [-0.39, 0.29) is 6.04 Å². The van der Waals surface area contributed by atoms with Crippen LogP contribution in [0.5, 0.6) is 0 Å². The third kappa shape index (κ3) is 3.03. The van der Waals surface area contributed by atoms with Crippen molar-refractivity contribution in [3.05, 3.63) is 23.8 Å². The van der Waals surface area contributed by atoms with Crippen molar-refractivity contribution in [2.75, 3.05) is 0 Å². The molecule has 1 aliphatic carbocycles. The molecule has 2 N–H and O–H groups in total. The van der Waals surface area contributed by atoms with Crippen molar-refractivity contribution < 1.29 is 0 Å². The molecule has 3 atom stereocenters. The fraction of sp³-hybridized carbons (Fsp3) is 0.714. The lowest BCUT2D eigenvalue weighted by Crippen LogP contribution is -2.30. The summed E-state index contributed by atoms with van der Waals surface area (Å²) < 4.78 is 0. The van der Waals surface area contributed by atoms with Gasteiger partial charge in [-0.2, -0.15) is 0 Å². The maximum atomic E-state index is 6.32. The van der Waals surface area contributed by atoms with Crippen LogP contribution in [0.4, 0.5) is 0 Å². The van der Waals surface area contributed by atoms with E-state index in [2.05, 4.69) is 23.8 Å². The third-order valence-electron chi connectivity index (χ3n) is 3.82. The molecule has 3 nitrogen and oxygen atoms in total. The second-order valence-corrected chi connectivity index (χ2v) is 5.82. The van der Waals surface area contributed by atoms with Gasteiger partial charge in [-0.3, -0.25) is 0 Å². The van der Waals surface area contributed by atoms with E-state index in [0.29, 0.717) is 5.92 Å². The van der Waals surface area contributed by atoms with Crippen LogP contribution in [0.25, 0.3) is 0 Å². The van der Waals surface area contributed by atoms with Crippen LogP contribution in [-0.2, 0) is 0 Å². The Kier molecular flexibility index (Phi) is 3.77. The zero-order chi connectivity index (χ0) is 12.4. The maximum Gasteiger partial charge on any atom is 0.145 e. The molecule has 1 saturated carbocycles. The molecule has 0 amide bonds. The molecule has 0 radical (unpaired) electrons.